The Kier molecular flexibility index (Phi) is 4.37. The minimum Gasteiger partial charge on any atom is -0.313 e. The van der Waals surface area contributed by atoms with Gasteiger partial charge in [-0.3, -0.25) is 4.98 Å². The Morgan fingerprint density at radius 3 is 3.05 bits per heavy atom. The average molecular weight is 288 g/mol. The molecule has 0 bridgehead atoms. The monoisotopic (exact) mass is 288 g/mol. The maximum Gasteiger partial charge on any atom is 0.0809 e. The number of aromatic nitrogens is 1. The number of hydrogen-bond acceptors (Lipinski definition) is 3. The summed E-state index contributed by atoms with van der Waals surface area (Å²) in [7, 11) is 2.10. The maximum atomic E-state index is 4.63. The second-order valence-electron chi connectivity index (χ2n) is 5.96. The third-order valence-corrected chi connectivity index (χ3v) is 5.77. The van der Waals surface area contributed by atoms with E-state index in [0.29, 0.717) is 6.04 Å². The highest BCUT2D eigenvalue weighted by Gasteiger charge is 2.31. The first-order valence-electron chi connectivity index (χ1n) is 7.84. The number of nitrogens with zero attached hydrogens (tertiary/aromatic N) is 1. The van der Waals surface area contributed by atoms with Crippen LogP contribution >= 0.6 is 11.3 Å². The van der Waals surface area contributed by atoms with Gasteiger partial charge in [-0.05, 0) is 48.4 Å². The smallest absolute Gasteiger partial charge is 0.0809 e. The molecule has 2 aromatic rings. The van der Waals surface area contributed by atoms with Crippen LogP contribution in [0.4, 0.5) is 0 Å². The van der Waals surface area contributed by atoms with Crippen LogP contribution < -0.4 is 5.32 Å². The predicted octanol–water partition coefficient (Wildman–Crippen LogP) is 4.77. The van der Waals surface area contributed by atoms with E-state index in [9.17, 15) is 0 Å². The Labute approximate surface area is 125 Å². The molecule has 1 fully saturated rings. The van der Waals surface area contributed by atoms with Crippen molar-refractivity contribution in [1.82, 2.24) is 10.3 Å². The molecule has 1 aliphatic rings. The summed E-state index contributed by atoms with van der Waals surface area (Å²) in [6, 6.07) is 4.91. The van der Waals surface area contributed by atoms with Crippen molar-refractivity contribution in [2.75, 3.05) is 7.05 Å². The molecule has 1 N–H and O–H groups in total. The van der Waals surface area contributed by atoms with Crippen LogP contribution in [0.3, 0.4) is 0 Å². The molecule has 108 valence electrons. The Morgan fingerprint density at radius 2 is 2.25 bits per heavy atom. The van der Waals surface area contributed by atoms with Crippen LogP contribution in [-0.4, -0.2) is 12.0 Å². The van der Waals surface area contributed by atoms with Gasteiger partial charge in [0.15, 0.2) is 0 Å². The van der Waals surface area contributed by atoms with E-state index in [1.807, 2.05) is 0 Å². The SMILES string of the molecule is CCC1CCCCC1C(NC)c1cnc2ccsc2c1. The highest BCUT2D eigenvalue weighted by molar-refractivity contribution is 7.17. The van der Waals surface area contributed by atoms with E-state index in [-0.39, 0.29) is 0 Å². The molecular formula is C17H24N2S. The number of rotatable bonds is 4. The van der Waals surface area contributed by atoms with E-state index in [2.05, 4.69) is 48.0 Å². The molecule has 2 nitrogen and oxygen atoms in total. The van der Waals surface area contributed by atoms with Crippen LogP contribution in [-0.2, 0) is 0 Å². The normalized spacial score (nSPS) is 24.9. The molecule has 0 saturated heterocycles. The molecule has 1 aliphatic carbocycles. The third-order valence-electron chi connectivity index (χ3n) is 4.91. The fourth-order valence-electron chi connectivity index (χ4n) is 3.84. The van der Waals surface area contributed by atoms with Gasteiger partial charge < -0.3 is 5.32 Å². The first-order chi connectivity index (χ1) is 9.83. The number of fused-ring (bicyclic) bond motifs is 1. The highest BCUT2D eigenvalue weighted by Crippen LogP contribution is 2.40. The molecule has 3 atom stereocenters. The Bertz CT molecular complexity index is 563. The fourth-order valence-corrected chi connectivity index (χ4v) is 4.63. The van der Waals surface area contributed by atoms with Crippen molar-refractivity contribution >= 4 is 21.6 Å². The topological polar surface area (TPSA) is 24.9 Å². The van der Waals surface area contributed by atoms with E-state index in [1.54, 1.807) is 11.3 Å². The highest BCUT2D eigenvalue weighted by atomic mass is 32.1. The molecule has 0 amide bonds. The zero-order chi connectivity index (χ0) is 13.9. The summed E-state index contributed by atoms with van der Waals surface area (Å²) in [5.41, 5.74) is 2.50. The number of thiophene rings is 1. The molecule has 1 saturated carbocycles. The zero-order valence-corrected chi connectivity index (χ0v) is 13.2. The molecule has 0 aliphatic heterocycles. The molecule has 3 heteroatoms. The minimum atomic E-state index is 0.458. The van der Waals surface area contributed by atoms with Crippen LogP contribution in [0.2, 0.25) is 0 Å². The van der Waals surface area contributed by atoms with Gasteiger partial charge in [0.1, 0.15) is 0 Å². The summed E-state index contributed by atoms with van der Waals surface area (Å²) in [5.74, 6) is 1.62. The molecule has 3 unspecified atom stereocenters. The lowest BCUT2D eigenvalue weighted by Crippen LogP contribution is -2.32. The molecule has 0 aromatic carbocycles. The number of pyridine rings is 1. The maximum absolute atomic E-state index is 4.63. The molecule has 0 spiro atoms. The Balaban J connectivity index is 1.91. The van der Waals surface area contributed by atoms with Crippen molar-refractivity contribution in [3.63, 3.8) is 0 Å². The summed E-state index contributed by atoms with van der Waals surface area (Å²) in [6.45, 7) is 2.34. The Morgan fingerprint density at radius 1 is 1.40 bits per heavy atom. The zero-order valence-electron chi connectivity index (χ0n) is 12.4. The van der Waals surface area contributed by atoms with Crippen molar-refractivity contribution in [3.05, 3.63) is 29.3 Å². The van der Waals surface area contributed by atoms with E-state index in [4.69, 9.17) is 0 Å². The van der Waals surface area contributed by atoms with Gasteiger partial charge in [0.25, 0.3) is 0 Å². The summed E-state index contributed by atoms with van der Waals surface area (Å²) in [5, 5.41) is 5.70. The second-order valence-corrected chi connectivity index (χ2v) is 6.90. The molecule has 2 aromatic heterocycles. The predicted molar refractivity (Wildman–Crippen MR) is 87.2 cm³/mol. The summed E-state index contributed by atoms with van der Waals surface area (Å²) in [6.07, 6.45) is 8.93. The van der Waals surface area contributed by atoms with Crippen molar-refractivity contribution in [2.45, 2.75) is 45.1 Å². The van der Waals surface area contributed by atoms with Gasteiger partial charge in [0.05, 0.1) is 10.2 Å². The van der Waals surface area contributed by atoms with Crippen molar-refractivity contribution in [2.24, 2.45) is 11.8 Å². The van der Waals surface area contributed by atoms with Crippen molar-refractivity contribution in [1.29, 1.82) is 0 Å². The van der Waals surface area contributed by atoms with Crippen molar-refractivity contribution in [3.8, 4) is 0 Å². The molecule has 0 radical (unpaired) electrons. The van der Waals surface area contributed by atoms with Gasteiger partial charge in [0.2, 0.25) is 0 Å². The average Bonchev–Trinajstić information content (AvgIpc) is 2.96. The lowest BCUT2D eigenvalue weighted by Gasteiger charge is -2.37. The van der Waals surface area contributed by atoms with E-state index < -0.39 is 0 Å². The summed E-state index contributed by atoms with van der Waals surface area (Å²) < 4.78 is 1.31. The number of nitrogens with one attached hydrogen (secondary N) is 1. The fraction of sp³-hybridized carbons (Fsp3) is 0.588. The first-order valence-corrected chi connectivity index (χ1v) is 8.72. The van der Waals surface area contributed by atoms with Crippen LogP contribution in [0, 0.1) is 11.8 Å². The van der Waals surface area contributed by atoms with E-state index >= 15 is 0 Å². The molecule has 3 rings (SSSR count). The third kappa shape index (κ3) is 2.61. The van der Waals surface area contributed by atoms with Crippen LogP contribution in [0.25, 0.3) is 10.2 Å². The first kappa shape index (κ1) is 14.0. The van der Waals surface area contributed by atoms with Gasteiger partial charge in [-0.2, -0.15) is 0 Å². The van der Waals surface area contributed by atoms with Gasteiger partial charge in [0, 0.05) is 12.2 Å². The van der Waals surface area contributed by atoms with Gasteiger partial charge in [-0.15, -0.1) is 11.3 Å². The van der Waals surface area contributed by atoms with Crippen LogP contribution in [0.5, 0.6) is 0 Å². The lowest BCUT2D eigenvalue weighted by atomic mass is 9.72. The summed E-state index contributed by atoms with van der Waals surface area (Å²) in [4.78, 5) is 4.63. The van der Waals surface area contributed by atoms with Gasteiger partial charge in [-0.25, -0.2) is 0 Å². The minimum absolute atomic E-state index is 0.458. The number of hydrogen-bond donors (Lipinski definition) is 1. The second kappa shape index (κ2) is 6.23. The van der Waals surface area contributed by atoms with Crippen LogP contribution in [0.15, 0.2) is 23.7 Å². The van der Waals surface area contributed by atoms with Gasteiger partial charge >= 0.3 is 0 Å². The standard InChI is InChI=1S/C17H24N2S/c1-3-12-6-4-5-7-14(12)17(18-2)13-10-16-15(19-11-13)8-9-20-16/h8-12,14,17-18H,3-7H2,1-2H3. The Hall–Kier alpha value is -0.930. The van der Waals surface area contributed by atoms with Crippen LogP contribution in [0.1, 0.15) is 50.6 Å². The molecule has 2 heterocycles. The largest absolute Gasteiger partial charge is 0.313 e. The van der Waals surface area contributed by atoms with E-state index in [1.165, 1.54) is 42.4 Å². The quantitative estimate of drug-likeness (QED) is 0.876. The summed E-state index contributed by atoms with van der Waals surface area (Å²) >= 11 is 1.79. The lowest BCUT2D eigenvalue weighted by molar-refractivity contribution is 0.180. The van der Waals surface area contributed by atoms with E-state index in [0.717, 1.165) is 17.4 Å². The molecule has 20 heavy (non-hydrogen) atoms. The van der Waals surface area contributed by atoms with Gasteiger partial charge in [-0.1, -0.05) is 32.6 Å². The molecular weight excluding hydrogens is 264 g/mol. The van der Waals surface area contributed by atoms with Crippen molar-refractivity contribution < 1.29 is 0 Å².